The second-order valence-corrected chi connectivity index (χ2v) is 9.82. The average Bonchev–Trinajstić information content (AvgIpc) is 2.92. The molecule has 5 rings (SSSR count). The summed E-state index contributed by atoms with van der Waals surface area (Å²) in [6, 6.07) is 17.0. The van der Waals surface area contributed by atoms with Gasteiger partial charge in [-0.2, -0.15) is 0 Å². The molecule has 0 spiro atoms. The highest BCUT2D eigenvalue weighted by molar-refractivity contribution is 5.97. The van der Waals surface area contributed by atoms with E-state index in [4.69, 9.17) is 16.2 Å². The number of rotatable bonds is 5. The zero-order valence-corrected chi connectivity index (χ0v) is 21.8. The van der Waals surface area contributed by atoms with Gasteiger partial charge in [0.2, 0.25) is 0 Å². The maximum Gasteiger partial charge on any atom is 0.254 e. The van der Waals surface area contributed by atoms with Crippen LogP contribution >= 0.6 is 0 Å². The minimum Gasteiger partial charge on any atom is -0.378 e. The second-order valence-electron chi connectivity index (χ2n) is 9.82. The van der Waals surface area contributed by atoms with E-state index >= 15 is 0 Å². The average molecular weight is 503 g/mol. The lowest BCUT2D eigenvalue weighted by atomic mass is 9.87. The first-order valence-electron chi connectivity index (χ1n) is 13.1. The van der Waals surface area contributed by atoms with Crippen molar-refractivity contribution in [2.75, 3.05) is 36.5 Å². The first-order chi connectivity index (χ1) is 17.9. The number of hydrogen-bond donors (Lipinski definition) is 3. The van der Waals surface area contributed by atoms with Crippen LogP contribution in [-0.4, -0.2) is 48.2 Å². The number of aromatic nitrogens is 2. The van der Waals surface area contributed by atoms with Crippen LogP contribution in [0.1, 0.15) is 48.8 Å². The normalized spacial score (nSPS) is 19.5. The van der Waals surface area contributed by atoms with Gasteiger partial charge in [-0.3, -0.25) is 4.79 Å². The van der Waals surface area contributed by atoms with Crippen molar-refractivity contribution in [3.63, 3.8) is 0 Å². The molecule has 5 N–H and O–H groups in total. The SMILES string of the molecule is CC1CCCCC1N.Cc1ncc(C(N)=O)c(Nc2ccc(-c3ccc(N4CCOCC4)cc3)cc2)n1. The van der Waals surface area contributed by atoms with Crippen LogP contribution in [0.4, 0.5) is 17.2 Å². The molecule has 37 heavy (non-hydrogen) atoms. The molecule has 1 aliphatic heterocycles. The van der Waals surface area contributed by atoms with E-state index in [9.17, 15) is 4.79 Å². The van der Waals surface area contributed by atoms with Gasteiger partial charge in [-0.05, 0) is 61.1 Å². The number of benzene rings is 2. The molecule has 1 amide bonds. The summed E-state index contributed by atoms with van der Waals surface area (Å²) in [5.74, 6) is 1.19. The third kappa shape index (κ3) is 7.27. The molecular formula is C29H38N6O2. The maximum atomic E-state index is 11.6. The Morgan fingerprint density at radius 3 is 2.19 bits per heavy atom. The highest BCUT2D eigenvalue weighted by Crippen LogP contribution is 2.26. The molecule has 1 aliphatic carbocycles. The zero-order valence-electron chi connectivity index (χ0n) is 21.8. The fourth-order valence-corrected chi connectivity index (χ4v) is 4.66. The van der Waals surface area contributed by atoms with E-state index in [1.54, 1.807) is 6.92 Å². The fraction of sp³-hybridized carbons (Fsp3) is 0.414. The number of morpholine rings is 1. The lowest BCUT2D eigenvalue weighted by Gasteiger charge is -2.28. The molecule has 0 bridgehead atoms. The van der Waals surface area contributed by atoms with Crippen molar-refractivity contribution in [3.05, 3.63) is 66.1 Å². The Morgan fingerprint density at radius 1 is 1.00 bits per heavy atom. The molecular weight excluding hydrogens is 464 g/mol. The van der Waals surface area contributed by atoms with Crippen molar-refractivity contribution in [3.8, 4) is 11.1 Å². The number of aryl methyl sites for hydroxylation is 1. The maximum absolute atomic E-state index is 11.6. The summed E-state index contributed by atoms with van der Waals surface area (Å²) >= 11 is 0. The summed E-state index contributed by atoms with van der Waals surface area (Å²) in [6.07, 6.45) is 6.79. The van der Waals surface area contributed by atoms with Crippen molar-refractivity contribution in [2.24, 2.45) is 17.4 Å². The van der Waals surface area contributed by atoms with Gasteiger partial charge in [-0.15, -0.1) is 0 Å². The summed E-state index contributed by atoms with van der Waals surface area (Å²) in [7, 11) is 0. The van der Waals surface area contributed by atoms with Gasteiger partial charge in [0.05, 0.1) is 13.2 Å². The molecule has 2 aliphatic rings. The van der Waals surface area contributed by atoms with Crippen molar-refractivity contribution in [1.29, 1.82) is 0 Å². The highest BCUT2D eigenvalue weighted by atomic mass is 16.5. The molecule has 196 valence electrons. The summed E-state index contributed by atoms with van der Waals surface area (Å²) in [5, 5.41) is 3.16. The lowest BCUT2D eigenvalue weighted by Crippen LogP contribution is -2.36. The van der Waals surface area contributed by atoms with Crippen molar-refractivity contribution in [2.45, 2.75) is 45.6 Å². The number of hydrogen-bond acceptors (Lipinski definition) is 7. The van der Waals surface area contributed by atoms with Crippen LogP contribution in [0.3, 0.4) is 0 Å². The van der Waals surface area contributed by atoms with E-state index in [-0.39, 0.29) is 5.56 Å². The molecule has 8 heteroatoms. The number of nitrogens with one attached hydrogen (secondary N) is 1. The molecule has 2 unspecified atom stereocenters. The molecule has 1 saturated carbocycles. The Labute approximate surface area is 219 Å². The summed E-state index contributed by atoms with van der Waals surface area (Å²) in [4.78, 5) is 22.3. The zero-order chi connectivity index (χ0) is 26.2. The highest BCUT2D eigenvalue weighted by Gasteiger charge is 2.16. The Balaban J connectivity index is 0.000000342. The number of amides is 1. The quantitative estimate of drug-likeness (QED) is 0.464. The first-order valence-corrected chi connectivity index (χ1v) is 13.1. The monoisotopic (exact) mass is 502 g/mol. The van der Waals surface area contributed by atoms with Gasteiger partial charge in [0.25, 0.3) is 5.91 Å². The third-order valence-electron chi connectivity index (χ3n) is 7.08. The van der Waals surface area contributed by atoms with Gasteiger partial charge >= 0.3 is 0 Å². The van der Waals surface area contributed by atoms with Crippen molar-refractivity contribution < 1.29 is 9.53 Å². The Bertz CT molecular complexity index is 1150. The van der Waals surface area contributed by atoms with Gasteiger partial charge in [-0.1, -0.05) is 44.0 Å². The molecule has 1 saturated heterocycles. The Hall–Kier alpha value is -3.49. The molecule has 2 fully saturated rings. The van der Waals surface area contributed by atoms with E-state index in [0.29, 0.717) is 17.7 Å². The molecule has 1 aromatic heterocycles. The van der Waals surface area contributed by atoms with Gasteiger partial charge in [-0.25, -0.2) is 9.97 Å². The molecule has 2 heterocycles. The summed E-state index contributed by atoms with van der Waals surface area (Å²) in [6.45, 7) is 7.42. The van der Waals surface area contributed by atoms with E-state index in [0.717, 1.165) is 49.0 Å². The molecule has 2 atom stereocenters. The fourth-order valence-electron chi connectivity index (χ4n) is 4.66. The number of ether oxygens (including phenoxy) is 1. The molecule has 3 aromatic rings. The van der Waals surface area contributed by atoms with Gasteiger partial charge in [0, 0.05) is 36.7 Å². The Kier molecular flexibility index (Phi) is 9.09. The number of carbonyl (C=O) groups is 1. The van der Waals surface area contributed by atoms with Gasteiger partial charge < -0.3 is 26.4 Å². The van der Waals surface area contributed by atoms with E-state index in [2.05, 4.69) is 51.4 Å². The smallest absolute Gasteiger partial charge is 0.254 e. The third-order valence-corrected chi connectivity index (χ3v) is 7.08. The standard InChI is InChI=1S/C22H23N5O2.C7H15N/c1-15-24-14-20(21(23)28)22(25-15)26-18-6-2-16(3-7-18)17-4-8-19(9-5-17)27-10-12-29-13-11-27;1-6-4-2-3-5-7(6)8/h2-9,14H,10-13H2,1H3,(H2,23,28)(H,24,25,26);6-7H,2-5,8H2,1H3. The van der Waals surface area contributed by atoms with Crippen LogP contribution < -0.4 is 21.7 Å². The first kappa shape index (κ1) is 26.6. The van der Waals surface area contributed by atoms with E-state index in [1.165, 1.54) is 37.6 Å². The summed E-state index contributed by atoms with van der Waals surface area (Å²) in [5.41, 5.74) is 15.7. The molecule has 0 radical (unpaired) electrons. The Morgan fingerprint density at radius 2 is 1.62 bits per heavy atom. The number of nitrogens with zero attached hydrogens (tertiary/aromatic N) is 3. The van der Waals surface area contributed by atoms with Crippen molar-refractivity contribution >= 4 is 23.1 Å². The van der Waals surface area contributed by atoms with Gasteiger partial charge in [0.1, 0.15) is 17.2 Å². The molecule has 2 aromatic carbocycles. The minimum atomic E-state index is -0.565. The second kappa shape index (κ2) is 12.7. The van der Waals surface area contributed by atoms with Crippen LogP contribution in [-0.2, 0) is 4.74 Å². The lowest BCUT2D eigenvalue weighted by molar-refractivity contribution is 0.100. The van der Waals surface area contributed by atoms with Crippen LogP contribution in [0.5, 0.6) is 0 Å². The summed E-state index contributed by atoms with van der Waals surface area (Å²) < 4.78 is 5.41. The molecule has 8 nitrogen and oxygen atoms in total. The van der Waals surface area contributed by atoms with Crippen LogP contribution in [0.2, 0.25) is 0 Å². The number of primary amides is 1. The van der Waals surface area contributed by atoms with Crippen LogP contribution in [0.25, 0.3) is 11.1 Å². The topological polar surface area (TPSA) is 119 Å². The van der Waals surface area contributed by atoms with Crippen LogP contribution in [0.15, 0.2) is 54.7 Å². The predicted octanol–water partition coefficient (Wildman–Crippen LogP) is 4.65. The number of carbonyl (C=O) groups excluding carboxylic acids is 1. The number of anilines is 3. The van der Waals surface area contributed by atoms with Crippen molar-refractivity contribution in [1.82, 2.24) is 9.97 Å². The van der Waals surface area contributed by atoms with E-state index in [1.807, 2.05) is 24.3 Å². The van der Waals surface area contributed by atoms with Crippen LogP contribution in [0, 0.1) is 12.8 Å². The largest absolute Gasteiger partial charge is 0.378 e. The predicted molar refractivity (Wildman–Crippen MR) is 149 cm³/mol. The number of nitrogens with two attached hydrogens (primary N) is 2. The van der Waals surface area contributed by atoms with Gasteiger partial charge in [0.15, 0.2) is 0 Å². The minimum absolute atomic E-state index is 0.262. The van der Waals surface area contributed by atoms with E-state index < -0.39 is 5.91 Å².